The van der Waals surface area contributed by atoms with Crippen LogP contribution in [0.1, 0.15) is 12.0 Å². The van der Waals surface area contributed by atoms with Crippen molar-refractivity contribution in [2.75, 3.05) is 26.2 Å². The summed E-state index contributed by atoms with van der Waals surface area (Å²) >= 11 is 0. The first-order valence-corrected chi connectivity index (χ1v) is 6.01. The van der Waals surface area contributed by atoms with Crippen LogP contribution in [0.25, 0.3) is 0 Å². The molecule has 0 radical (unpaired) electrons. The number of hydrogen-bond donors (Lipinski definition) is 2. The molecule has 0 aliphatic carbocycles. The molecule has 4 heteroatoms. The first-order chi connectivity index (χ1) is 8.28. The molecule has 1 unspecified atom stereocenters. The average molecular weight is 237 g/mol. The summed E-state index contributed by atoms with van der Waals surface area (Å²) in [5.74, 6) is 0.821. The molecule has 1 aliphatic heterocycles. The molecule has 0 spiro atoms. The second-order valence-electron chi connectivity index (χ2n) is 4.39. The van der Waals surface area contributed by atoms with Gasteiger partial charge in [-0.2, -0.15) is 0 Å². The maximum Gasteiger partial charge on any atom is 0.119 e. The van der Waals surface area contributed by atoms with Gasteiger partial charge in [-0.25, -0.2) is 0 Å². The summed E-state index contributed by atoms with van der Waals surface area (Å²) in [7, 11) is 0. The van der Waals surface area contributed by atoms with Gasteiger partial charge in [0.15, 0.2) is 0 Å². The average Bonchev–Trinajstić information content (AvgIpc) is 2.76. The minimum absolute atomic E-state index is 0.0615. The molecule has 1 atom stereocenters. The van der Waals surface area contributed by atoms with Crippen LogP contribution in [0.5, 0.6) is 5.75 Å². The molecular formula is C13H19NO3. The number of aliphatic hydroxyl groups is 2. The van der Waals surface area contributed by atoms with Gasteiger partial charge in [-0.3, -0.25) is 4.90 Å². The summed E-state index contributed by atoms with van der Waals surface area (Å²) in [4.78, 5) is 2.20. The highest BCUT2D eigenvalue weighted by Gasteiger charge is 2.19. The Morgan fingerprint density at radius 3 is 2.65 bits per heavy atom. The first-order valence-electron chi connectivity index (χ1n) is 6.01. The molecule has 2 rings (SSSR count). The van der Waals surface area contributed by atoms with Gasteiger partial charge in [-0.15, -0.1) is 0 Å². The molecule has 1 fully saturated rings. The van der Waals surface area contributed by atoms with E-state index in [9.17, 15) is 5.11 Å². The lowest BCUT2D eigenvalue weighted by molar-refractivity contribution is 0.167. The number of nitrogens with zero attached hydrogens (tertiary/aromatic N) is 1. The molecule has 1 heterocycles. The van der Waals surface area contributed by atoms with Crippen LogP contribution in [0, 0.1) is 0 Å². The lowest BCUT2D eigenvalue weighted by Crippen LogP contribution is -2.27. The summed E-state index contributed by atoms with van der Waals surface area (Å²) in [5, 5.41) is 18.3. The largest absolute Gasteiger partial charge is 0.492 e. The third-order valence-corrected chi connectivity index (χ3v) is 3.03. The van der Waals surface area contributed by atoms with E-state index in [1.807, 2.05) is 24.3 Å². The van der Waals surface area contributed by atoms with Crippen LogP contribution in [-0.4, -0.2) is 47.5 Å². The molecule has 1 aromatic carbocycles. The van der Waals surface area contributed by atoms with Crippen molar-refractivity contribution >= 4 is 0 Å². The number of ether oxygens (including phenoxy) is 1. The Kier molecular flexibility index (Phi) is 4.36. The molecule has 1 aliphatic rings. The molecular weight excluding hydrogens is 218 g/mol. The van der Waals surface area contributed by atoms with Gasteiger partial charge in [0.1, 0.15) is 12.4 Å². The highest BCUT2D eigenvalue weighted by molar-refractivity contribution is 5.26. The number of hydrogen-bond acceptors (Lipinski definition) is 4. The molecule has 0 bridgehead atoms. The van der Waals surface area contributed by atoms with E-state index in [0.717, 1.165) is 37.4 Å². The molecule has 0 amide bonds. The van der Waals surface area contributed by atoms with Crippen LogP contribution in [-0.2, 0) is 6.61 Å². The highest BCUT2D eigenvalue weighted by Crippen LogP contribution is 2.13. The highest BCUT2D eigenvalue weighted by atomic mass is 16.5. The summed E-state index contributed by atoms with van der Waals surface area (Å²) in [6, 6.07) is 7.44. The van der Waals surface area contributed by atoms with Gasteiger partial charge in [0, 0.05) is 19.6 Å². The minimum Gasteiger partial charge on any atom is -0.492 e. The van der Waals surface area contributed by atoms with E-state index in [1.165, 1.54) is 0 Å². The third-order valence-electron chi connectivity index (χ3n) is 3.03. The van der Waals surface area contributed by atoms with Crippen molar-refractivity contribution in [1.82, 2.24) is 4.90 Å². The Morgan fingerprint density at radius 1 is 1.29 bits per heavy atom. The second-order valence-corrected chi connectivity index (χ2v) is 4.39. The molecule has 4 nitrogen and oxygen atoms in total. The van der Waals surface area contributed by atoms with E-state index in [2.05, 4.69) is 4.90 Å². The zero-order valence-electron chi connectivity index (χ0n) is 9.88. The minimum atomic E-state index is -0.168. The lowest BCUT2D eigenvalue weighted by atomic mass is 10.2. The zero-order chi connectivity index (χ0) is 12.1. The van der Waals surface area contributed by atoms with Gasteiger partial charge < -0.3 is 14.9 Å². The van der Waals surface area contributed by atoms with E-state index in [4.69, 9.17) is 9.84 Å². The molecule has 94 valence electrons. The van der Waals surface area contributed by atoms with Crippen molar-refractivity contribution in [3.63, 3.8) is 0 Å². The van der Waals surface area contributed by atoms with Crippen molar-refractivity contribution < 1.29 is 14.9 Å². The third kappa shape index (κ3) is 3.70. The molecule has 2 N–H and O–H groups in total. The van der Waals surface area contributed by atoms with Crippen LogP contribution in [0.15, 0.2) is 24.3 Å². The predicted octanol–water partition coefficient (Wildman–Crippen LogP) is 0.624. The Hall–Kier alpha value is -1.10. The predicted molar refractivity (Wildman–Crippen MR) is 64.9 cm³/mol. The first kappa shape index (κ1) is 12.4. The molecule has 0 aromatic heterocycles. The SMILES string of the molecule is OCc1ccc(OCCN2CCC(O)C2)cc1. The summed E-state index contributed by atoms with van der Waals surface area (Å²) < 4.78 is 5.60. The van der Waals surface area contributed by atoms with Gasteiger partial charge in [0.2, 0.25) is 0 Å². The quantitative estimate of drug-likeness (QED) is 0.788. The van der Waals surface area contributed by atoms with Gasteiger partial charge in [-0.05, 0) is 24.1 Å². The lowest BCUT2D eigenvalue weighted by Gasteiger charge is -2.15. The van der Waals surface area contributed by atoms with Gasteiger partial charge in [0.25, 0.3) is 0 Å². The van der Waals surface area contributed by atoms with Gasteiger partial charge in [-0.1, -0.05) is 12.1 Å². The van der Waals surface area contributed by atoms with Crippen molar-refractivity contribution in [1.29, 1.82) is 0 Å². The molecule has 0 saturated carbocycles. The van der Waals surface area contributed by atoms with E-state index in [1.54, 1.807) is 0 Å². The topological polar surface area (TPSA) is 52.9 Å². The zero-order valence-corrected chi connectivity index (χ0v) is 9.88. The number of likely N-dealkylation sites (tertiary alicyclic amines) is 1. The number of β-amino-alcohol motifs (C(OH)–C–C–N with tert-alkyl or cyclic N) is 1. The van der Waals surface area contributed by atoms with Crippen LogP contribution in [0.4, 0.5) is 0 Å². The van der Waals surface area contributed by atoms with E-state index in [-0.39, 0.29) is 12.7 Å². The summed E-state index contributed by atoms with van der Waals surface area (Å²) in [5.41, 5.74) is 0.889. The Balaban J connectivity index is 1.70. The smallest absolute Gasteiger partial charge is 0.119 e. The van der Waals surface area contributed by atoms with Crippen LogP contribution >= 0.6 is 0 Å². The normalized spacial score (nSPS) is 20.7. The molecule has 1 aromatic rings. The Bertz CT molecular complexity index is 339. The van der Waals surface area contributed by atoms with Gasteiger partial charge >= 0.3 is 0 Å². The van der Waals surface area contributed by atoms with E-state index < -0.39 is 0 Å². The monoisotopic (exact) mass is 237 g/mol. The van der Waals surface area contributed by atoms with Gasteiger partial charge in [0.05, 0.1) is 12.7 Å². The van der Waals surface area contributed by atoms with Crippen LogP contribution in [0.3, 0.4) is 0 Å². The van der Waals surface area contributed by atoms with Crippen LogP contribution in [0.2, 0.25) is 0 Å². The number of aliphatic hydroxyl groups excluding tert-OH is 2. The molecule has 1 saturated heterocycles. The maximum atomic E-state index is 9.37. The van der Waals surface area contributed by atoms with Crippen molar-refractivity contribution in [2.24, 2.45) is 0 Å². The summed E-state index contributed by atoms with van der Waals surface area (Å²) in [6.07, 6.45) is 0.699. The van der Waals surface area contributed by atoms with E-state index in [0.29, 0.717) is 6.61 Å². The summed E-state index contributed by atoms with van der Waals surface area (Å²) in [6.45, 7) is 3.25. The second kappa shape index (κ2) is 6.00. The fourth-order valence-corrected chi connectivity index (χ4v) is 2.00. The Morgan fingerprint density at radius 2 is 2.06 bits per heavy atom. The standard InChI is InChI=1S/C13H19NO3/c15-10-11-1-3-13(4-2-11)17-8-7-14-6-5-12(16)9-14/h1-4,12,15-16H,5-10H2. The van der Waals surface area contributed by atoms with E-state index >= 15 is 0 Å². The van der Waals surface area contributed by atoms with Crippen LogP contribution < -0.4 is 4.74 Å². The Labute approximate surface area is 101 Å². The van der Waals surface area contributed by atoms with Crippen molar-refractivity contribution in [3.8, 4) is 5.75 Å². The fraction of sp³-hybridized carbons (Fsp3) is 0.538. The molecule has 17 heavy (non-hydrogen) atoms. The number of benzene rings is 1. The van der Waals surface area contributed by atoms with Crippen molar-refractivity contribution in [2.45, 2.75) is 19.1 Å². The maximum absolute atomic E-state index is 9.37. The number of rotatable bonds is 5. The van der Waals surface area contributed by atoms with Crippen molar-refractivity contribution in [3.05, 3.63) is 29.8 Å². The fourth-order valence-electron chi connectivity index (χ4n) is 2.00.